The molecule has 0 saturated carbocycles. The van der Waals surface area contributed by atoms with E-state index in [-0.39, 0.29) is 35.5 Å². The van der Waals surface area contributed by atoms with Crippen molar-refractivity contribution < 1.29 is 29.6 Å². The SMILES string of the molecule is N#C[C-](C#N)c1ccc(/C=C/c2ccc(-c3ccncc3)s2)s1.[Na+]. The van der Waals surface area contributed by atoms with Gasteiger partial charge in [-0.2, -0.15) is 17.4 Å². The Balaban J connectivity index is 0.00000208. The average Bonchev–Trinajstić information content (AvgIpc) is 3.24. The third-order valence-corrected chi connectivity index (χ3v) is 5.27. The number of rotatable bonds is 4. The van der Waals surface area contributed by atoms with Crippen molar-refractivity contribution in [3.8, 4) is 22.6 Å². The molecule has 0 aliphatic carbocycles. The third-order valence-electron chi connectivity index (χ3n) is 3.10. The Labute approximate surface area is 170 Å². The van der Waals surface area contributed by atoms with E-state index in [1.54, 1.807) is 23.7 Å². The van der Waals surface area contributed by atoms with Gasteiger partial charge in [0.2, 0.25) is 0 Å². The van der Waals surface area contributed by atoms with E-state index < -0.39 is 0 Å². The van der Waals surface area contributed by atoms with Crippen LogP contribution in [0, 0.1) is 28.6 Å². The molecule has 3 nitrogen and oxygen atoms in total. The maximum absolute atomic E-state index is 8.88. The molecule has 0 fully saturated rings. The van der Waals surface area contributed by atoms with Gasteiger partial charge < -0.3 is 0 Å². The molecule has 0 aromatic carbocycles. The molecule has 0 radical (unpaired) electrons. The maximum Gasteiger partial charge on any atom is 1.00 e. The summed E-state index contributed by atoms with van der Waals surface area (Å²) in [7, 11) is 0. The van der Waals surface area contributed by atoms with Gasteiger partial charge in [0.1, 0.15) is 0 Å². The number of thiophene rings is 2. The van der Waals surface area contributed by atoms with Gasteiger partial charge in [-0.25, -0.2) is 10.5 Å². The molecule has 3 rings (SSSR count). The summed E-state index contributed by atoms with van der Waals surface area (Å²) in [6.45, 7) is 0. The quantitative estimate of drug-likeness (QED) is 0.531. The Morgan fingerprint density at radius 3 is 2.17 bits per heavy atom. The zero-order valence-corrected chi connectivity index (χ0v) is 16.6. The van der Waals surface area contributed by atoms with Crippen molar-refractivity contribution in [3.05, 3.63) is 69.3 Å². The molecule has 3 aromatic heterocycles. The summed E-state index contributed by atoms with van der Waals surface area (Å²) in [5.74, 6) is 0.158. The van der Waals surface area contributed by atoms with Crippen LogP contribution in [-0.2, 0) is 0 Å². The summed E-state index contributed by atoms with van der Waals surface area (Å²) in [5.41, 5.74) is 1.16. The second kappa shape index (κ2) is 8.84. The van der Waals surface area contributed by atoms with Crippen LogP contribution in [0.15, 0.2) is 48.8 Å². The number of nitrogens with zero attached hydrogens (tertiary/aromatic N) is 3. The summed E-state index contributed by atoms with van der Waals surface area (Å²) in [6, 6.07) is 15.7. The summed E-state index contributed by atoms with van der Waals surface area (Å²) in [5, 5.41) is 17.8. The fourth-order valence-electron chi connectivity index (χ4n) is 1.99. The van der Waals surface area contributed by atoms with E-state index in [4.69, 9.17) is 10.5 Å². The van der Waals surface area contributed by atoms with Crippen molar-refractivity contribution in [1.29, 1.82) is 10.5 Å². The molecule has 0 spiro atoms. The number of hydrogen-bond acceptors (Lipinski definition) is 5. The van der Waals surface area contributed by atoms with Crippen molar-refractivity contribution in [2.45, 2.75) is 0 Å². The minimum Gasteiger partial charge on any atom is -0.265 e. The van der Waals surface area contributed by atoms with Crippen LogP contribution in [0.1, 0.15) is 14.6 Å². The monoisotopic (exact) mass is 355 g/mol. The Kier molecular flexibility index (Phi) is 6.81. The van der Waals surface area contributed by atoms with Gasteiger partial charge in [0, 0.05) is 39.2 Å². The Hall–Kier alpha value is -1.86. The van der Waals surface area contributed by atoms with E-state index in [9.17, 15) is 0 Å². The van der Waals surface area contributed by atoms with Crippen molar-refractivity contribution in [2.75, 3.05) is 0 Å². The van der Waals surface area contributed by atoms with Crippen LogP contribution >= 0.6 is 22.7 Å². The number of aromatic nitrogens is 1. The fourth-order valence-corrected chi connectivity index (χ4v) is 3.76. The van der Waals surface area contributed by atoms with Crippen LogP contribution in [0.2, 0.25) is 0 Å². The van der Waals surface area contributed by atoms with Crippen LogP contribution in [0.25, 0.3) is 22.6 Å². The van der Waals surface area contributed by atoms with Gasteiger partial charge in [0.15, 0.2) is 0 Å². The molecule has 3 aromatic rings. The summed E-state index contributed by atoms with van der Waals surface area (Å²) in [6.07, 6.45) is 7.62. The van der Waals surface area contributed by atoms with Crippen molar-refractivity contribution in [3.63, 3.8) is 0 Å². The number of nitriles is 2. The van der Waals surface area contributed by atoms with E-state index in [2.05, 4.69) is 17.1 Å². The summed E-state index contributed by atoms with van der Waals surface area (Å²) < 4.78 is 0. The first kappa shape index (κ1) is 18.5. The molecule has 0 N–H and O–H groups in total. The van der Waals surface area contributed by atoms with Crippen molar-refractivity contribution >= 4 is 34.8 Å². The zero-order valence-electron chi connectivity index (χ0n) is 12.9. The molecule has 3 heterocycles. The van der Waals surface area contributed by atoms with E-state index in [0.717, 1.165) is 15.3 Å². The molecule has 0 saturated heterocycles. The Morgan fingerprint density at radius 2 is 1.50 bits per heavy atom. The predicted octanol–water partition coefficient (Wildman–Crippen LogP) is 2.02. The van der Waals surface area contributed by atoms with Crippen LogP contribution < -0.4 is 29.6 Å². The van der Waals surface area contributed by atoms with Gasteiger partial charge in [-0.3, -0.25) is 4.98 Å². The first-order chi connectivity index (χ1) is 11.3. The van der Waals surface area contributed by atoms with E-state index in [1.807, 2.05) is 48.6 Å². The van der Waals surface area contributed by atoms with Crippen LogP contribution in [0.3, 0.4) is 0 Å². The second-order valence-electron chi connectivity index (χ2n) is 4.57. The summed E-state index contributed by atoms with van der Waals surface area (Å²) >= 11 is 3.15. The Bertz CT molecular complexity index is 900. The smallest absolute Gasteiger partial charge is 0.265 e. The maximum atomic E-state index is 8.88. The minimum absolute atomic E-state index is 0. The first-order valence-corrected chi connectivity index (χ1v) is 8.39. The van der Waals surface area contributed by atoms with E-state index >= 15 is 0 Å². The molecule has 0 bridgehead atoms. The van der Waals surface area contributed by atoms with Gasteiger partial charge in [-0.1, -0.05) is 0 Å². The van der Waals surface area contributed by atoms with Gasteiger partial charge in [0.25, 0.3) is 0 Å². The molecular formula is C18H10N3NaS2. The standard InChI is InChI=1S/C18H10N3S2.Na/c19-11-14(12-20)18-6-4-16(23-18)2-1-15-3-5-17(22-15)13-7-9-21-10-8-13;/h1-10H;/q-1;+1/b2-1+;. The molecule has 6 heteroatoms. The first-order valence-electron chi connectivity index (χ1n) is 6.76. The molecule has 0 unspecified atom stereocenters. The largest absolute Gasteiger partial charge is 1.00 e. The molecule has 24 heavy (non-hydrogen) atoms. The average molecular weight is 355 g/mol. The van der Waals surface area contributed by atoms with Crippen LogP contribution in [0.4, 0.5) is 0 Å². The van der Waals surface area contributed by atoms with Gasteiger partial charge in [0.05, 0.1) is 0 Å². The van der Waals surface area contributed by atoms with E-state index in [0.29, 0.717) is 4.88 Å². The van der Waals surface area contributed by atoms with Crippen LogP contribution in [0.5, 0.6) is 0 Å². The molecule has 0 atom stereocenters. The van der Waals surface area contributed by atoms with Crippen LogP contribution in [-0.4, -0.2) is 4.98 Å². The molecule has 0 aliphatic rings. The normalized spacial score (nSPS) is 9.92. The van der Waals surface area contributed by atoms with Gasteiger partial charge >= 0.3 is 29.6 Å². The minimum atomic E-state index is 0. The zero-order chi connectivity index (χ0) is 16.1. The van der Waals surface area contributed by atoms with E-state index in [1.165, 1.54) is 16.2 Å². The molecule has 0 aliphatic heterocycles. The molecule has 110 valence electrons. The predicted molar refractivity (Wildman–Crippen MR) is 94.4 cm³/mol. The molecule has 0 amide bonds. The topological polar surface area (TPSA) is 60.5 Å². The van der Waals surface area contributed by atoms with Gasteiger partial charge in [-0.15, -0.1) is 22.3 Å². The Morgan fingerprint density at radius 1 is 0.875 bits per heavy atom. The van der Waals surface area contributed by atoms with Crippen molar-refractivity contribution in [2.24, 2.45) is 0 Å². The third kappa shape index (κ3) is 4.36. The number of pyridine rings is 1. The van der Waals surface area contributed by atoms with Gasteiger partial charge in [-0.05, 0) is 47.9 Å². The fraction of sp³-hybridized carbons (Fsp3) is 0. The summed E-state index contributed by atoms with van der Waals surface area (Å²) in [4.78, 5) is 8.10. The molecular weight excluding hydrogens is 345 g/mol. The number of hydrogen-bond donors (Lipinski definition) is 0. The van der Waals surface area contributed by atoms with Crippen molar-refractivity contribution in [1.82, 2.24) is 4.98 Å². The second-order valence-corrected chi connectivity index (χ2v) is 6.80.